The highest BCUT2D eigenvalue weighted by atomic mass is 35.5. The molecule has 0 N–H and O–H groups in total. The molecule has 1 saturated heterocycles. The van der Waals surface area contributed by atoms with Crippen LogP contribution in [0.2, 0.25) is 10.0 Å². The molecule has 24 heavy (non-hydrogen) atoms. The molecular weight excluding hydrogens is 347 g/mol. The molecule has 2 aliphatic rings. The summed E-state index contributed by atoms with van der Waals surface area (Å²) in [6, 6.07) is 10.3. The molecule has 3 heterocycles. The van der Waals surface area contributed by atoms with Gasteiger partial charge in [-0.2, -0.15) is 0 Å². The molecule has 0 aliphatic carbocycles. The Kier molecular flexibility index (Phi) is 3.89. The summed E-state index contributed by atoms with van der Waals surface area (Å²) >= 11 is 12.0. The molecule has 2 aliphatic heterocycles. The van der Waals surface area contributed by atoms with E-state index in [4.69, 9.17) is 23.2 Å². The number of halogens is 2. The van der Waals surface area contributed by atoms with Crippen LogP contribution in [0.1, 0.15) is 28.4 Å². The maximum atomic E-state index is 12.9. The average Bonchev–Trinajstić information content (AvgIpc) is 2.54. The fourth-order valence-electron chi connectivity index (χ4n) is 3.92. The van der Waals surface area contributed by atoms with Crippen molar-refractivity contribution >= 4 is 29.1 Å². The molecule has 0 saturated carbocycles. The third-order valence-electron chi connectivity index (χ3n) is 4.88. The van der Waals surface area contributed by atoms with E-state index in [-0.39, 0.29) is 17.4 Å². The van der Waals surface area contributed by atoms with Gasteiger partial charge in [0.1, 0.15) is 0 Å². The van der Waals surface area contributed by atoms with Gasteiger partial charge in [0.25, 0.3) is 11.5 Å². The Morgan fingerprint density at radius 2 is 1.79 bits per heavy atom. The Bertz CT molecular complexity index is 857. The average molecular weight is 363 g/mol. The molecule has 1 fully saturated rings. The maximum Gasteiger partial charge on any atom is 0.253 e. The first-order valence-corrected chi connectivity index (χ1v) is 8.72. The second-order valence-electron chi connectivity index (χ2n) is 6.57. The first kappa shape index (κ1) is 15.7. The molecule has 2 aromatic rings. The van der Waals surface area contributed by atoms with Gasteiger partial charge in [-0.05, 0) is 36.6 Å². The Morgan fingerprint density at radius 1 is 1.04 bits per heavy atom. The number of nitrogens with zero attached hydrogens (tertiary/aromatic N) is 2. The molecule has 1 aromatic carbocycles. The van der Waals surface area contributed by atoms with E-state index in [1.807, 2.05) is 15.5 Å². The number of piperidine rings is 1. The minimum Gasteiger partial charge on any atom is -0.338 e. The molecule has 124 valence electrons. The molecule has 2 atom stereocenters. The van der Waals surface area contributed by atoms with Gasteiger partial charge in [0, 0.05) is 52.9 Å². The summed E-state index contributed by atoms with van der Waals surface area (Å²) in [5.41, 5.74) is 1.59. The van der Waals surface area contributed by atoms with Crippen LogP contribution in [0, 0.1) is 5.92 Å². The van der Waals surface area contributed by atoms with Crippen LogP contribution in [0.15, 0.2) is 41.2 Å². The number of pyridine rings is 1. The van der Waals surface area contributed by atoms with Crippen LogP contribution in [0.5, 0.6) is 0 Å². The maximum absolute atomic E-state index is 12.9. The summed E-state index contributed by atoms with van der Waals surface area (Å²) in [4.78, 5) is 26.8. The second-order valence-corrected chi connectivity index (χ2v) is 7.44. The zero-order valence-corrected chi connectivity index (χ0v) is 14.4. The predicted molar refractivity (Wildman–Crippen MR) is 93.9 cm³/mol. The standard InChI is InChI=1S/C18H16Cl2N2O2/c19-14-5-12(6-15(20)7-14)18(24)21-8-11-4-13(10-21)16-2-1-3-17(23)22(16)9-11/h1-3,5-7,11,13H,4,8-10H2/t11-,13+/m0/s1. The number of benzene rings is 1. The number of rotatable bonds is 1. The Hall–Kier alpha value is -1.78. The number of aromatic nitrogens is 1. The van der Waals surface area contributed by atoms with Crippen LogP contribution in [0.25, 0.3) is 0 Å². The minimum atomic E-state index is -0.0548. The Balaban J connectivity index is 1.64. The summed E-state index contributed by atoms with van der Waals surface area (Å²) in [6.45, 7) is 1.94. The van der Waals surface area contributed by atoms with Gasteiger partial charge in [0.2, 0.25) is 0 Å². The van der Waals surface area contributed by atoms with E-state index in [1.165, 1.54) is 0 Å². The van der Waals surface area contributed by atoms with E-state index in [0.717, 1.165) is 12.1 Å². The topological polar surface area (TPSA) is 42.3 Å². The van der Waals surface area contributed by atoms with Crippen LogP contribution in [-0.4, -0.2) is 28.5 Å². The van der Waals surface area contributed by atoms with Crippen molar-refractivity contribution < 1.29 is 4.79 Å². The first-order valence-electron chi connectivity index (χ1n) is 7.96. The molecular formula is C18H16Cl2N2O2. The lowest BCUT2D eigenvalue weighted by atomic mass is 9.83. The van der Waals surface area contributed by atoms with Crippen molar-refractivity contribution in [2.24, 2.45) is 5.92 Å². The second kappa shape index (κ2) is 5.94. The van der Waals surface area contributed by atoms with E-state index < -0.39 is 0 Å². The van der Waals surface area contributed by atoms with Crippen molar-refractivity contribution in [2.75, 3.05) is 13.1 Å². The summed E-state index contributed by atoms with van der Waals surface area (Å²) in [5, 5.41) is 0.917. The fourth-order valence-corrected chi connectivity index (χ4v) is 4.45. The SMILES string of the molecule is O=C(c1cc(Cl)cc(Cl)c1)N1C[C@@H]2C[C@H](C1)c1cccc(=O)n1C2. The molecule has 2 bridgehead atoms. The third-order valence-corrected chi connectivity index (χ3v) is 5.31. The highest BCUT2D eigenvalue weighted by molar-refractivity contribution is 6.35. The Morgan fingerprint density at radius 3 is 2.54 bits per heavy atom. The van der Waals surface area contributed by atoms with Gasteiger partial charge in [0.05, 0.1) is 0 Å². The van der Waals surface area contributed by atoms with Gasteiger partial charge >= 0.3 is 0 Å². The highest BCUT2D eigenvalue weighted by Crippen LogP contribution is 2.35. The third kappa shape index (κ3) is 2.74. The van der Waals surface area contributed by atoms with Crippen LogP contribution >= 0.6 is 23.2 Å². The molecule has 0 spiro atoms. The lowest BCUT2D eigenvalue weighted by Gasteiger charge is -2.42. The monoisotopic (exact) mass is 362 g/mol. The van der Waals surface area contributed by atoms with E-state index in [2.05, 4.69) is 0 Å². The molecule has 6 heteroatoms. The van der Waals surface area contributed by atoms with Crippen LogP contribution < -0.4 is 5.56 Å². The number of carbonyl (C=O) groups excluding carboxylic acids is 1. The van der Waals surface area contributed by atoms with E-state index in [1.54, 1.807) is 30.3 Å². The molecule has 4 rings (SSSR count). The molecule has 0 unspecified atom stereocenters. The van der Waals surface area contributed by atoms with Crippen molar-refractivity contribution in [3.63, 3.8) is 0 Å². The fraction of sp³-hybridized carbons (Fsp3) is 0.333. The van der Waals surface area contributed by atoms with Crippen LogP contribution in [0.4, 0.5) is 0 Å². The number of likely N-dealkylation sites (tertiary alicyclic amines) is 1. The molecule has 0 radical (unpaired) electrons. The number of hydrogen-bond acceptors (Lipinski definition) is 2. The number of hydrogen-bond donors (Lipinski definition) is 0. The van der Waals surface area contributed by atoms with Gasteiger partial charge in [0.15, 0.2) is 0 Å². The summed E-state index contributed by atoms with van der Waals surface area (Å²) in [6.07, 6.45) is 1.02. The zero-order chi connectivity index (χ0) is 16.8. The van der Waals surface area contributed by atoms with Gasteiger partial charge in [-0.15, -0.1) is 0 Å². The van der Waals surface area contributed by atoms with Crippen molar-refractivity contribution in [3.8, 4) is 0 Å². The van der Waals surface area contributed by atoms with Crippen LogP contribution in [-0.2, 0) is 6.54 Å². The van der Waals surface area contributed by atoms with E-state index in [9.17, 15) is 9.59 Å². The predicted octanol–water partition coefficient (Wildman–Crippen LogP) is 3.41. The summed E-state index contributed by atoms with van der Waals surface area (Å²) in [5.74, 6) is 0.445. The highest BCUT2D eigenvalue weighted by Gasteiger charge is 2.36. The van der Waals surface area contributed by atoms with E-state index >= 15 is 0 Å². The normalized spacial score (nSPS) is 22.2. The summed E-state index contributed by atoms with van der Waals surface area (Å²) in [7, 11) is 0. The first-order chi connectivity index (χ1) is 11.5. The minimum absolute atomic E-state index is 0.0450. The number of amides is 1. The molecule has 1 aromatic heterocycles. The van der Waals surface area contributed by atoms with Crippen LogP contribution in [0.3, 0.4) is 0 Å². The quantitative estimate of drug-likeness (QED) is 0.779. The summed E-state index contributed by atoms with van der Waals surface area (Å²) < 4.78 is 1.86. The smallest absolute Gasteiger partial charge is 0.253 e. The van der Waals surface area contributed by atoms with Crippen molar-refractivity contribution in [3.05, 3.63) is 68.1 Å². The number of fused-ring (bicyclic) bond motifs is 4. The van der Waals surface area contributed by atoms with Gasteiger partial charge < -0.3 is 9.47 Å². The van der Waals surface area contributed by atoms with Gasteiger partial charge in [-0.3, -0.25) is 9.59 Å². The Labute approximate surface area is 149 Å². The molecule has 1 amide bonds. The largest absolute Gasteiger partial charge is 0.338 e. The number of carbonyl (C=O) groups is 1. The lowest BCUT2D eigenvalue weighted by Crippen LogP contribution is -2.49. The van der Waals surface area contributed by atoms with Crippen molar-refractivity contribution in [2.45, 2.75) is 18.9 Å². The van der Waals surface area contributed by atoms with Gasteiger partial charge in [-0.1, -0.05) is 29.3 Å². The molecule has 4 nitrogen and oxygen atoms in total. The lowest BCUT2D eigenvalue weighted by molar-refractivity contribution is 0.0594. The van der Waals surface area contributed by atoms with Crippen molar-refractivity contribution in [1.29, 1.82) is 0 Å². The van der Waals surface area contributed by atoms with Gasteiger partial charge in [-0.25, -0.2) is 0 Å². The van der Waals surface area contributed by atoms with Crippen molar-refractivity contribution in [1.82, 2.24) is 9.47 Å². The zero-order valence-electron chi connectivity index (χ0n) is 12.9. The van der Waals surface area contributed by atoms with E-state index in [0.29, 0.717) is 41.2 Å².